The number of halogens is 1. The highest BCUT2D eigenvalue weighted by atomic mass is 35.5. The molecule has 1 aromatic carbocycles. The summed E-state index contributed by atoms with van der Waals surface area (Å²) in [6, 6.07) is 5.45. The Morgan fingerprint density at radius 1 is 1.21 bits per heavy atom. The quantitative estimate of drug-likeness (QED) is 0.929. The van der Waals surface area contributed by atoms with E-state index in [9.17, 15) is 0 Å². The molecule has 2 aromatic rings. The molecule has 1 aromatic heterocycles. The first-order valence-electron chi connectivity index (χ1n) is 5.58. The van der Waals surface area contributed by atoms with E-state index in [-0.39, 0.29) is 12.0 Å². The summed E-state index contributed by atoms with van der Waals surface area (Å²) in [5, 5.41) is 0.647. The first kappa shape index (κ1) is 13.4. The average molecular weight is 280 g/mol. The van der Waals surface area contributed by atoms with E-state index in [1.807, 2.05) is 21.0 Å². The highest BCUT2D eigenvalue weighted by Gasteiger charge is 2.09. The number of benzene rings is 1. The number of ether oxygens (including phenoxy) is 1. The van der Waals surface area contributed by atoms with E-state index in [2.05, 4.69) is 15.0 Å². The molecule has 0 fully saturated rings. The number of aromatic nitrogens is 3. The molecule has 0 radical (unpaired) electrons. The maximum absolute atomic E-state index is 5.89. The highest BCUT2D eigenvalue weighted by Crippen LogP contribution is 2.26. The predicted molar refractivity (Wildman–Crippen MR) is 74.8 cm³/mol. The van der Waals surface area contributed by atoms with E-state index in [1.165, 1.54) is 0 Å². The van der Waals surface area contributed by atoms with Gasteiger partial charge < -0.3 is 15.4 Å². The van der Waals surface area contributed by atoms with E-state index in [0.29, 0.717) is 16.7 Å². The van der Waals surface area contributed by atoms with Crippen molar-refractivity contribution >= 4 is 23.5 Å². The number of rotatable bonds is 3. The van der Waals surface area contributed by atoms with Crippen LogP contribution in [0.25, 0.3) is 0 Å². The van der Waals surface area contributed by atoms with Crippen molar-refractivity contribution in [1.29, 1.82) is 0 Å². The Kier molecular flexibility index (Phi) is 3.71. The van der Waals surface area contributed by atoms with Crippen LogP contribution >= 0.6 is 11.6 Å². The molecule has 2 rings (SSSR count). The summed E-state index contributed by atoms with van der Waals surface area (Å²) in [6.07, 6.45) is 0. The smallest absolute Gasteiger partial charge is 0.328 e. The lowest BCUT2D eigenvalue weighted by Gasteiger charge is -2.12. The van der Waals surface area contributed by atoms with Crippen LogP contribution in [0.2, 0.25) is 5.02 Å². The van der Waals surface area contributed by atoms with Gasteiger partial charge in [0.05, 0.1) is 0 Å². The first-order chi connectivity index (χ1) is 8.95. The van der Waals surface area contributed by atoms with Crippen molar-refractivity contribution in [2.75, 3.05) is 24.7 Å². The topological polar surface area (TPSA) is 77.2 Å². The molecule has 0 aliphatic rings. The second-order valence-corrected chi connectivity index (χ2v) is 4.62. The van der Waals surface area contributed by atoms with Gasteiger partial charge in [0.15, 0.2) is 0 Å². The Morgan fingerprint density at radius 3 is 2.58 bits per heavy atom. The molecule has 0 aliphatic carbocycles. The van der Waals surface area contributed by atoms with Gasteiger partial charge in [-0.3, -0.25) is 0 Å². The fourth-order valence-corrected chi connectivity index (χ4v) is 1.66. The molecule has 0 saturated carbocycles. The summed E-state index contributed by atoms with van der Waals surface area (Å²) >= 11 is 5.89. The van der Waals surface area contributed by atoms with Crippen LogP contribution in [0.15, 0.2) is 18.2 Å². The maximum Gasteiger partial charge on any atom is 0.328 e. The van der Waals surface area contributed by atoms with Crippen molar-refractivity contribution in [3.8, 4) is 11.8 Å². The van der Waals surface area contributed by atoms with Crippen LogP contribution in [-0.4, -0.2) is 29.0 Å². The molecule has 0 spiro atoms. The number of aryl methyl sites for hydroxylation is 1. The molecule has 19 heavy (non-hydrogen) atoms. The molecule has 0 aliphatic heterocycles. The number of nitrogens with two attached hydrogens (primary N) is 1. The Bertz CT molecular complexity index is 603. The number of anilines is 2. The lowest BCUT2D eigenvalue weighted by atomic mass is 10.2. The zero-order chi connectivity index (χ0) is 14.0. The SMILES string of the molecule is Cc1cc(Cl)ccc1Oc1nc(N)nc(N(C)C)n1. The summed E-state index contributed by atoms with van der Waals surface area (Å²) in [6.45, 7) is 1.89. The lowest BCUT2D eigenvalue weighted by molar-refractivity contribution is 0.438. The number of nitrogens with zero attached hydrogens (tertiary/aromatic N) is 4. The van der Waals surface area contributed by atoms with Crippen LogP contribution in [-0.2, 0) is 0 Å². The third kappa shape index (κ3) is 3.23. The molecule has 0 atom stereocenters. The normalized spacial score (nSPS) is 10.3. The second-order valence-electron chi connectivity index (χ2n) is 4.18. The van der Waals surface area contributed by atoms with Gasteiger partial charge in [0.1, 0.15) is 5.75 Å². The van der Waals surface area contributed by atoms with Crippen molar-refractivity contribution in [3.05, 3.63) is 28.8 Å². The minimum atomic E-state index is 0.111. The maximum atomic E-state index is 5.89. The van der Waals surface area contributed by atoms with E-state index >= 15 is 0 Å². The van der Waals surface area contributed by atoms with Gasteiger partial charge in [0.25, 0.3) is 0 Å². The Balaban J connectivity index is 2.32. The molecule has 0 amide bonds. The highest BCUT2D eigenvalue weighted by molar-refractivity contribution is 6.30. The van der Waals surface area contributed by atoms with E-state index in [0.717, 1.165) is 5.56 Å². The van der Waals surface area contributed by atoms with Crippen molar-refractivity contribution < 1.29 is 4.74 Å². The van der Waals surface area contributed by atoms with E-state index in [4.69, 9.17) is 22.1 Å². The summed E-state index contributed by atoms with van der Waals surface area (Å²) in [5.41, 5.74) is 6.51. The van der Waals surface area contributed by atoms with Crippen LogP contribution in [0, 0.1) is 6.92 Å². The van der Waals surface area contributed by atoms with Crippen LogP contribution in [0.3, 0.4) is 0 Å². The molecule has 0 bridgehead atoms. The monoisotopic (exact) mass is 279 g/mol. The van der Waals surface area contributed by atoms with Gasteiger partial charge in [0, 0.05) is 19.1 Å². The molecule has 100 valence electrons. The molecular formula is C12H14ClN5O. The largest absolute Gasteiger partial charge is 0.424 e. The zero-order valence-electron chi connectivity index (χ0n) is 10.9. The first-order valence-corrected chi connectivity index (χ1v) is 5.96. The predicted octanol–water partition coefficient (Wildman–Crippen LogP) is 2.27. The third-order valence-corrected chi connectivity index (χ3v) is 2.59. The fourth-order valence-electron chi connectivity index (χ4n) is 1.43. The summed E-state index contributed by atoms with van der Waals surface area (Å²) < 4.78 is 5.61. The molecule has 2 N–H and O–H groups in total. The van der Waals surface area contributed by atoms with Gasteiger partial charge in [0.2, 0.25) is 11.9 Å². The van der Waals surface area contributed by atoms with Crippen molar-refractivity contribution in [2.24, 2.45) is 0 Å². The summed E-state index contributed by atoms with van der Waals surface area (Å²) in [4.78, 5) is 13.8. The number of hydrogen-bond donors (Lipinski definition) is 1. The molecule has 0 unspecified atom stereocenters. The van der Waals surface area contributed by atoms with Crippen LogP contribution in [0.1, 0.15) is 5.56 Å². The summed E-state index contributed by atoms with van der Waals surface area (Å²) in [7, 11) is 3.62. The standard InChI is InChI=1S/C12H14ClN5O/c1-7-6-8(13)4-5-9(7)19-12-16-10(14)15-11(17-12)18(2)3/h4-6H,1-3H3,(H2,14,15,16,17). The minimum Gasteiger partial charge on any atom is -0.424 e. The van der Waals surface area contributed by atoms with Crippen LogP contribution in [0.4, 0.5) is 11.9 Å². The van der Waals surface area contributed by atoms with Gasteiger partial charge >= 0.3 is 6.01 Å². The van der Waals surface area contributed by atoms with Gasteiger partial charge in [-0.25, -0.2) is 0 Å². The van der Waals surface area contributed by atoms with Gasteiger partial charge in [-0.2, -0.15) is 15.0 Å². The van der Waals surface area contributed by atoms with Crippen LogP contribution < -0.4 is 15.4 Å². The third-order valence-electron chi connectivity index (χ3n) is 2.36. The van der Waals surface area contributed by atoms with Gasteiger partial charge in [-0.15, -0.1) is 0 Å². The Labute approximate surface area is 116 Å². The fraction of sp³-hybridized carbons (Fsp3) is 0.250. The van der Waals surface area contributed by atoms with Crippen molar-refractivity contribution in [3.63, 3.8) is 0 Å². The molecule has 6 nitrogen and oxygen atoms in total. The van der Waals surface area contributed by atoms with E-state index in [1.54, 1.807) is 23.1 Å². The van der Waals surface area contributed by atoms with Crippen LogP contribution in [0.5, 0.6) is 11.8 Å². The number of hydrogen-bond acceptors (Lipinski definition) is 6. The van der Waals surface area contributed by atoms with E-state index < -0.39 is 0 Å². The summed E-state index contributed by atoms with van der Waals surface area (Å²) in [5.74, 6) is 1.18. The van der Waals surface area contributed by atoms with Crippen molar-refractivity contribution in [1.82, 2.24) is 15.0 Å². The molecule has 0 saturated heterocycles. The second kappa shape index (κ2) is 5.27. The number of nitrogen functional groups attached to an aromatic ring is 1. The minimum absolute atomic E-state index is 0.111. The Hall–Kier alpha value is -2.08. The molecule has 1 heterocycles. The average Bonchev–Trinajstić information content (AvgIpc) is 2.32. The Morgan fingerprint density at radius 2 is 1.95 bits per heavy atom. The van der Waals surface area contributed by atoms with Crippen molar-refractivity contribution in [2.45, 2.75) is 6.92 Å². The zero-order valence-corrected chi connectivity index (χ0v) is 11.6. The molecular weight excluding hydrogens is 266 g/mol. The lowest BCUT2D eigenvalue weighted by Crippen LogP contribution is -2.15. The van der Waals surface area contributed by atoms with Gasteiger partial charge in [-0.05, 0) is 30.7 Å². The van der Waals surface area contributed by atoms with Gasteiger partial charge in [-0.1, -0.05) is 11.6 Å². The molecule has 7 heteroatoms.